The first-order valence-corrected chi connectivity index (χ1v) is 8.22. The van der Waals surface area contributed by atoms with Gasteiger partial charge in [0.2, 0.25) is 5.91 Å². The average molecular weight is 341 g/mol. The Labute approximate surface area is 147 Å². The lowest BCUT2D eigenvalue weighted by molar-refractivity contribution is -0.121. The van der Waals surface area contributed by atoms with E-state index in [0.29, 0.717) is 31.6 Å². The van der Waals surface area contributed by atoms with Crippen LogP contribution in [0.1, 0.15) is 33.5 Å². The highest BCUT2D eigenvalue weighted by molar-refractivity contribution is 5.88. The molecular formula is C20H23NO4. The number of carboxylic acids is 1. The summed E-state index contributed by atoms with van der Waals surface area (Å²) >= 11 is 0. The highest BCUT2D eigenvalue weighted by atomic mass is 16.5. The Morgan fingerprint density at radius 1 is 1.12 bits per heavy atom. The predicted molar refractivity (Wildman–Crippen MR) is 96.2 cm³/mol. The minimum Gasteiger partial charge on any atom is -0.496 e. The van der Waals surface area contributed by atoms with Crippen molar-refractivity contribution in [2.75, 3.05) is 13.7 Å². The Morgan fingerprint density at radius 2 is 1.92 bits per heavy atom. The zero-order valence-corrected chi connectivity index (χ0v) is 14.5. The third-order valence-corrected chi connectivity index (χ3v) is 3.97. The highest BCUT2D eigenvalue weighted by Crippen LogP contribution is 2.20. The number of benzene rings is 2. The van der Waals surface area contributed by atoms with Gasteiger partial charge in [-0.3, -0.25) is 4.79 Å². The molecule has 0 saturated heterocycles. The molecule has 2 rings (SSSR count). The van der Waals surface area contributed by atoms with Crippen molar-refractivity contribution in [3.8, 4) is 5.75 Å². The van der Waals surface area contributed by atoms with E-state index in [1.54, 1.807) is 12.1 Å². The van der Waals surface area contributed by atoms with Gasteiger partial charge in [0.05, 0.1) is 12.7 Å². The van der Waals surface area contributed by atoms with E-state index < -0.39 is 5.97 Å². The number of aromatic carboxylic acids is 1. The van der Waals surface area contributed by atoms with E-state index in [1.165, 1.54) is 18.7 Å². The molecule has 0 aromatic heterocycles. The molecule has 0 aliphatic rings. The second-order valence-corrected chi connectivity index (χ2v) is 5.92. The van der Waals surface area contributed by atoms with Gasteiger partial charge in [0.25, 0.3) is 0 Å². The molecule has 5 nitrogen and oxygen atoms in total. The molecule has 0 fully saturated rings. The molecule has 25 heavy (non-hydrogen) atoms. The highest BCUT2D eigenvalue weighted by Gasteiger charge is 2.09. The van der Waals surface area contributed by atoms with Crippen LogP contribution in [0, 0.1) is 6.92 Å². The Morgan fingerprint density at radius 3 is 2.60 bits per heavy atom. The molecule has 2 N–H and O–H groups in total. The summed E-state index contributed by atoms with van der Waals surface area (Å²) in [4.78, 5) is 23.0. The van der Waals surface area contributed by atoms with Crippen molar-refractivity contribution in [3.63, 3.8) is 0 Å². The summed E-state index contributed by atoms with van der Waals surface area (Å²) in [6.07, 6.45) is 1.74. The third kappa shape index (κ3) is 5.64. The largest absolute Gasteiger partial charge is 0.496 e. The Hall–Kier alpha value is -2.82. The molecule has 5 heteroatoms. The Bertz CT molecular complexity index is 755. The fraction of sp³-hybridized carbons (Fsp3) is 0.300. The summed E-state index contributed by atoms with van der Waals surface area (Å²) in [7, 11) is 1.50. The molecule has 0 bridgehead atoms. The number of aryl methyl sites for hydroxylation is 2. The molecule has 0 aliphatic heterocycles. The van der Waals surface area contributed by atoms with Crippen molar-refractivity contribution in [2.45, 2.75) is 26.2 Å². The van der Waals surface area contributed by atoms with Crippen LogP contribution in [0.3, 0.4) is 0 Å². The molecule has 0 heterocycles. The van der Waals surface area contributed by atoms with Gasteiger partial charge in [-0.25, -0.2) is 4.79 Å². The molecule has 0 atom stereocenters. The number of carbonyl (C=O) groups is 2. The van der Waals surface area contributed by atoms with Crippen molar-refractivity contribution < 1.29 is 19.4 Å². The van der Waals surface area contributed by atoms with Gasteiger partial charge < -0.3 is 15.2 Å². The second-order valence-electron chi connectivity index (χ2n) is 5.92. The van der Waals surface area contributed by atoms with Crippen LogP contribution >= 0.6 is 0 Å². The number of methoxy groups -OCH3 is 1. The van der Waals surface area contributed by atoms with E-state index in [0.717, 1.165) is 11.1 Å². The van der Waals surface area contributed by atoms with Crippen LogP contribution in [-0.4, -0.2) is 30.6 Å². The van der Waals surface area contributed by atoms with E-state index in [1.807, 2.05) is 25.1 Å². The maximum Gasteiger partial charge on any atom is 0.335 e. The zero-order chi connectivity index (χ0) is 18.2. The number of rotatable bonds is 8. The van der Waals surface area contributed by atoms with Crippen molar-refractivity contribution in [1.82, 2.24) is 5.32 Å². The minimum absolute atomic E-state index is 0.00243. The summed E-state index contributed by atoms with van der Waals surface area (Å²) in [5.41, 5.74) is 3.39. The number of amides is 1. The zero-order valence-electron chi connectivity index (χ0n) is 14.5. The SMILES string of the molecule is COc1cc(C(=O)O)ccc1CCNC(=O)CCc1cccc(C)c1. The van der Waals surface area contributed by atoms with Crippen LogP contribution in [0.5, 0.6) is 5.75 Å². The van der Waals surface area contributed by atoms with E-state index in [2.05, 4.69) is 11.4 Å². The standard InChI is InChI=1S/C20H23NO4/c1-14-4-3-5-15(12-14)6-9-19(22)21-11-10-16-7-8-17(20(23)24)13-18(16)25-2/h3-5,7-8,12-13H,6,9-11H2,1-2H3,(H,21,22)(H,23,24). The predicted octanol–water partition coefficient (Wildman–Crippen LogP) is 2.99. The summed E-state index contributed by atoms with van der Waals surface area (Å²) in [6.45, 7) is 2.52. The van der Waals surface area contributed by atoms with Gasteiger partial charge in [0, 0.05) is 13.0 Å². The number of carboxylic acid groups (broad SMARTS) is 1. The van der Waals surface area contributed by atoms with Gasteiger partial charge in [0.15, 0.2) is 0 Å². The monoisotopic (exact) mass is 341 g/mol. The number of nitrogens with one attached hydrogen (secondary N) is 1. The molecule has 0 saturated carbocycles. The van der Waals surface area contributed by atoms with Crippen LogP contribution < -0.4 is 10.1 Å². The maximum absolute atomic E-state index is 12.0. The van der Waals surface area contributed by atoms with E-state index in [4.69, 9.17) is 9.84 Å². The first-order valence-electron chi connectivity index (χ1n) is 8.22. The third-order valence-electron chi connectivity index (χ3n) is 3.97. The van der Waals surface area contributed by atoms with Gasteiger partial charge in [-0.1, -0.05) is 35.9 Å². The van der Waals surface area contributed by atoms with Crippen molar-refractivity contribution in [3.05, 3.63) is 64.7 Å². The quantitative estimate of drug-likeness (QED) is 0.774. The number of hydrogen-bond acceptors (Lipinski definition) is 3. The lowest BCUT2D eigenvalue weighted by Gasteiger charge is -2.10. The van der Waals surface area contributed by atoms with E-state index >= 15 is 0 Å². The van der Waals surface area contributed by atoms with Gasteiger partial charge in [-0.05, 0) is 43.0 Å². The normalized spacial score (nSPS) is 10.3. The molecule has 0 spiro atoms. The van der Waals surface area contributed by atoms with Gasteiger partial charge in [0.1, 0.15) is 5.75 Å². The van der Waals surface area contributed by atoms with Gasteiger partial charge >= 0.3 is 5.97 Å². The summed E-state index contributed by atoms with van der Waals surface area (Å²) in [5, 5.41) is 11.9. The van der Waals surface area contributed by atoms with Crippen molar-refractivity contribution >= 4 is 11.9 Å². The Kier molecular flexibility index (Phi) is 6.57. The molecule has 0 radical (unpaired) electrons. The number of hydrogen-bond donors (Lipinski definition) is 2. The summed E-state index contributed by atoms with van der Waals surface area (Å²) in [5.74, 6) is -0.467. The lowest BCUT2D eigenvalue weighted by atomic mass is 10.1. The molecule has 2 aromatic carbocycles. The molecule has 0 unspecified atom stereocenters. The first-order chi connectivity index (χ1) is 12.0. The summed E-state index contributed by atoms with van der Waals surface area (Å²) < 4.78 is 5.23. The number of carbonyl (C=O) groups excluding carboxylic acids is 1. The number of ether oxygens (including phenoxy) is 1. The first kappa shape index (κ1) is 18.5. The topological polar surface area (TPSA) is 75.6 Å². The molecule has 1 amide bonds. The van der Waals surface area contributed by atoms with Crippen molar-refractivity contribution in [1.29, 1.82) is 0 Å². The second kappa shape index (κ2) is 8.87. The molecular weight excluding hydrogens is 318 g/mol. The van der Waals surface area contributed by atoms with Crippen molar-refractivity contribution in [2.24, 2.45) is 0 Å². The van der Waals surface area contributed by atoms with Crippen LogP contribution in [0.25, 0.3) is 0 Å². The minimum atomic E-state index is -0.991. The smallest absolute Gasteiger partial charge is 0.335 e. The maximum atomic E-state index is 12.0. The molecule has 2 aromatic rings. The average Bonchev–Trinajstić information content (AvgIpc) is 2.60. The van der Waals surface area contributed by atoms with Crippen LogP contribution in [-0.2, 0) is 17.6 Å². The molecule has 0 aliphatic carbocycles. The Balaban J connectivity index is 1.81. The van der Waals surface area contributed by atoms with Crippen LogP contribution in [0.15, 0.2) is 42.5 Å². The van der Waals surface area contributed by atoms with Gasteiger partial charge in [-0.15, -0.1) is 0 Å². The fourth-order valence-corrected chi connectivity index (χ4v) is 2.63. The fourth-order valence-electron chi connectivity index (χ4n) is 2.63. The van der Waals surface area contributed by atoms with E-state index in [9.17, 15) is 9.59 Å². The van der Waals surface area contributed by atoms with Crippen LogP contribution in [0.2, 0.25) is 0 Å². The lowest BCUT2D eigenvalue weighted by Crippen LogP contribution is -2.26. The van der Waals surface area contributed by atoms with E-state index in [-0.39, 0.29) is 11.5 Å². The van der Waals surface area contributed by atoms with Crippen LogP contribution in [0.4, 0.5) is 0 Å². The van der Waals surface area contributed by atoms with Gasteiger partial charge in [-0.2, -0.15) is 0 Å². The molecule has 132 valence electrons. The summed E-state index contributed by atoms with van der Waals surface area (Å²) in [6, 6.07) is 12.9.